The summed E-state index contributed by atoms with van der Waals surface area (Å²) in [5, 5.41) is 19.4. The van der Waals surface area contributed by atoms with Crippen molar-refractivity contribution in [1.82, 2.24) is 0 Å². The SMILES string of the molecule is Cc1ccc(C(O)C[N+](=O)[O-])cc1. The van der Waals surface area contributed by atoms with E-state index in [1.807, 2.05) is 19.1 Å². The highest BCUT2D eigenvalue weighted by molar-refractivity contribution is 5.22. The maximum Gasteiger partial charge on any atom is 0.233 e. The fraction of sp³-hybridized carbons (Fsp3) is 0.333. The van der Waals surface area contributed by atoms with Gasteiger partial charge in [0.05, 0.1) is 0 Å². The number of aliphatic hydroxyl groups excluding tert-OH is 1. The second kappa shape index (κ2) is 4.00. The molecule has 0 saturated heterocycles. The predicted molar refractivity (Wildman–Crippen MR) is 48.0 cm³/mol. The summed E-state index contributed by atoms with van der Waals surface area (Å²) in [5.41, 5.74) is 1.65. The fourth-order valence-electron chi connectivity index (χ4n) is 1.04. The van der Waals surface area contributed by atoms with Gasteiger partial charge in [-0.15, -0.1) is 0 Å². The van der Waals surface area contributed by atoms with Gasteiger partial charge in [0.1, 0.15) is 6.10 Å². The zero-order chi connectivity index (χ0) is 9.84. The van der Waals surface area contributed by atoms with Gasteiger partial charge in [0.2, 0.25) is 6.54 Å². The molecule has 1 unspecified atom stereocenters. The van der Waals surface area contributed by atoms with E-state index in [0.29, 0.717) is 5.56 Å². The third-order valence-electron chi connectivity index (χ3n) is 1.78. The van der Waals surface area contributed by atoms with Crippen molar-refractivity contribution >= 4 is 0 Å². The molecule has 1 rings (SSSR count). The number of hydrogen-bond donors (Lipinski definition) is 1. The molecular formula is C9H11NO3. The molecule has 1 aromatic rings. The molecule has 0 aliphatic carbocycles. The molecular weight excluding hydrogens is 170 g/mol. The molecule has 1 atom stereocenters. The summed E-state index contributed by atoms with van der Waals surface area (Å²) in [4.78, 5) is 9.57. The molecule has 0 spiro atoms. The number of hydrogen-bond acceptors (Lipinski definition) is 3. The van der Waals surface area contributed by atoms with Gasteiger partial charge < -0.3 is 5.11 Å². The summed E-state index contributed by atoms with van der Waals surface area (Å²) < 4.78 is 0. The Hall–Kier alpha value is -1.42. The van der Waals surface area contributed by atoms with Gasteiger partial charge >= 0.3 is 0 Å². The van der Waals surface area contributed by atoms with Crippen molar-refractivity contribution < 1.29 is 10.0 Å². The molecule has 0 bridgehead atoms. The maximum absolute atomic E-state index is 10.1. The van der Waals surface area contributed by atoms with Crippen molar-refractivity contribution in [3.63, 3.8) is 0 Å². The van der Waals surface area contributed by atoms with Crippen LogP contribution in [0.1, 0.15) is 17.2 Å². The highest BCUT2D eigenvalue weighted by atomic mass is 16.6. The highest BCUT2D eigenvalue weighted by Crippen LogP contribution is 2.13. The maximum atomic E-state index is 10.1. The lowest BCUT2D eigenvalue weighted by Crippen LogP contribution is -2.11. The number of aryl methyl sites for hydroxylation is 1. The second-order valence-corrected chi connectivity index (χ2v) is 2.94. The minimum atomic E-state index is -1.00. The Morgan fingerprint density at radius 2 is 2.00 bits per heavy atom. The van der Waals surface area contributed by atoms with Crippen LogP contribution in [0.4, 0.5) is 0 Å². The Labute approximate surface area is 76.0 Å². The van der Waals surface area contributed by atoms with Crippen molar-refractivity contribution in [3.8, 4) is 0 Å². The average Bonchev–Trinajstić information content (AvgIpc) is 2.04. The summed E-state index contributed by atoms with van der Waals surface area (Å²) in [6.07, 6.45) is -1.00. The second-order valence-electron chi connectivity index (χ2n) is 2.94. The normalized spacial score (nSPS) is 12.5. The van der Waals surface area contributed by atoms with Crippen LogP contribution < -0.4 is 0 Å². The summed E-state index contributed by atoms with van der Waals surface area (Å²) >= 11 is 0. The third kappa shape index (κ3) is 2.83. The predicted octanol–water partition coefficient (Wildman–Crippen LogP) is 1.31. The lowest BCUT2D eigenvalue weighted by Gasteiger charge is -2.05. The number of nitro groups is 1. The van der Waals surface area contributed by atoms with E-state index in [2.05, 4.69) is 0 Å². The molecule has 0 aliphatic rings. The minimum Gasteiger partial charge on any atom is -0.382 e. The Kier molecular flexibility index (Phi) is 2.97. The molecule has 0 aliphatic heterocycles. The van der Waals surface area contributed by atoms with Gasteiger partial charge in [-0.1, -0.05) is 29.8 Å². The highest BCUT2D eigenvalue weighted by Gasteiger charge is 2.12. The van der Waals surface area contributed by atoms with E-state index >= 15 is 0 Å². The van der Waals surface area contributed by atoms with Crippen molar-refractivity contribution in [3.05, 3.63) is 45.5 Å². The average molecular weight is 181 g/mol. The molecule has 0 fully saturated rings. The van der Waals surface area contributed by atoms with Crippen LogP contribution in [0, 0.1) is 17.0 Å². The molecule has 4 heteroatoms. The Bertz CT molecular complexity index is 294. The first kappa shape index (κ1) is 9.67. The van der Waals surface area contributed by atoms with E-state index in [1.165, 1.54) is 0 Å². The molecule has 0 radical (unpaired) electrons. The van der Waals surface area contributed by atoms with Gasteiger partial charge in [0, 0.05) is 4.92 Å². The zero-order valence-corrected chi connectivity index (χ0v) is 7.30. The lowest BCUT2D eigenvalue weighted by molar-refractivity contribution is -0.491. The number of rotatable bonds is 3. The Balaban J connectivity index is 2.71. The zero-order valence-electron chi connectivity index (χ0n) is 7.30. The molecule has 0 amide bonds. The number of nitrogens with zero attached hydrogens (tertiary/aromatic N) is 1. The van der Waals surface area contributed by atoms with Crippen molar-refractivity contribution in [2.24, 2.45) is 0 Å². The van der Waals surface area contributed by atoms with Gasteiger partial charge in [-0.2, -0.15) is 0 Å². The number of aliphatic hydroxyl groups is 1. The number of benzene rings is 1. The van der Waals surface area contributed by atoms with Gasteiger partial charge in [0.15, 0.2) is 0 Å². The van der Waals surface area contributed by atoms with Gasteiger partial charge in [-0.05, 0) is 12.5 Å². The Morgan fingerprint density at radius 1 is 1.46 bits per heavy atom. The third-order valence-corrected chi connectivity index (χ3v) is 1.78. The monoisotopic (exact) mass is 181 g/mol. The van der Waals surface area contributed by atoms with E-state index in [0.717, 1.165) is 5.56 Å². The van der Waals surface area contributed by atoms with Gasteiger partial charge in [0.25, 0.3) is 0 Å². The molecule has 1 N–H and O–H groups in total. The largest absolute Gasteiger partial charge is 0.382 e. The Morgan fingerprint density at radius 3 is 2.46 bits per heavy atom. The van der Waals surface area contributed by atoms with Crippen LogP contribution in [0.15, 0.2) is 24.3 Å². The quantitative estimate of drug-likeness (QED) is 0.564. The summed E-state index contributed by atoms with van der Waals surface area (Å²) in [6, 6.07) is 7.03. The van der Waals surface area contributed by atoms with E-state index in [9.17, 15) is 15.2 Å². The summed E-state index contributed by atoms with van der Waals surface area (Å²) in [7, 11) is 0. The van der Waals surface area contributed by atoms with Crippen LogP contribution >= 0.6 is 0 Å². The smallest absolute Gasteiger partial charge is 0.233 e. The van der Waals surface area contributed by atoms with Crippen molar-refractivity contribution in [2.75, 3.05) is 6.54 Å². The van der Waals surface area contributed by atoms with Crippen molar-refractivity contribution in [1.29, 1.82) is 0 Å². The molecule has 13 heavy (non-hydrogen) atoms. The first-order valence-electron chi connectivity index (χ1n) is 3.96. The van der Waals surface area contributed by atoms with E-state index < -0.39 is 17.6 Å². The molecule has 0 heterocycles. The summed E-state index contributed by atoms with van der Waals surface area (Å²) in [6.45, 7) is 1.48. The van der Waals surface area contributed by atoms with Gasteiger partial charge in [-0.3, -0.25) is 10.1 Å². The fourth-order valence-corrected chi connectivity index (χ4v) is 1.04. The molecule has 0 saturated carbocycles. The molecule has 1 aromatic carbocycles. The first-order chi connectivity index (χ1) is 6.09. The van der Waals surface area contributed by atoms with Crippen LogP contribution in [0.25, 0.3) is 0 Å². The topological polar surface area (TPSA) is 63.4 Å². The van der Waals surface area contributed by atoms with E-state index in [-0.39, 0.29) is 0 Å². The van der Waals surface area contributed by atoms with Crippen LogP contribution in [-0.4, -0.2) is 16.6 Å². The van der Waals surface area contributed by atoms with Crippen LogP contribution in [0.3, 0.4) is 0 Å². The first-order valence-corrected chi connectivity index (χ1v) is 3.96. The summed E-state index contributed by atoms with van der Waals surface area (Å²) in [5.74, 6) is 0. The minimum absolute atomic E-state index is 0.441. The lowest BCUT2D eigenvalue weighted by atomic mass is 10.1. The van der Waals surface area contributed by atoms with E-state index in [4.69, 9.17) is 0 Å². The molecule has 0 aromatic heterocycles. The van der Waals surface area contributed by atoms with E-state index in [1.54, 1.807) is 12.1 Å². The van der Waals surface area contributed by atoms with Crippen LogP contribution in [-0.2, 0) is 0 Å². The standard InChI is InChI=1S/C9H11NO3/c1-7-2-4-8(5-3-7)9(11)6-10(12)13/h2-5,9,11H,6H2,1H3. The van der Waals surface area contributed by atoms with Crippen LogP contribution in [0.2, 0.25) is 0 Å². The van der Waals surface area contributed by atoms with Crippen molar-refractivity contribution in [2.45, 2.75) is 13.0 Å². The molecule has 4 nitrogen and oxygen atoms in total. The van der Waals surface area contributed by atoms with Crippen LogP contribution in [0.5, 0.6) is 0 Å². The van der Waals surface area contributed by atoms with Gasteiger partial charge in [-0.25, -0.2) is 0 Å². The molecule has 70 valence electrons.